The van der Waals surface area contributed by atoms with Crippen molar-refractivity contribution in [2.45, 2.75) is 19.4 Å². The van der Waals surface area contributed by atoms with E-state index in [1.807, 2.05) is 30.3 Å². The maximum atomic E-state index is 12.6. The predicted octanol–water partition coefficient (Wildman–Crippen LogP) is 2.60. The van der Waals surface area contributed by atoms with E-state index >= 15 is 0 Å². The van der Waals surface area contributed by atoms with Crippen molar-refractivity contribution >= 4 is 29.2 Å². The minimum absolute atomic E-state index is 0.333. The van der Waals surface area contributed by atoms with Crippen molar-refractivity contribution in [3.63, 3.8) is 0 Å². The molecule has 0 aliphatic carbocycles. The minimum Gasteiger partial charge on any atom is -0.454 e. The number of nitrogens with zero attached hydrogens (tertiary/aromatic N) is 4. The first-order chi connectivity index (χ1) is 13.5. The first-order valence-corrected chi connectivity index (χ1v) is 8.90. The van der Waals surface area contributed by atoms with E-state index in [2.05, 4.69) is 20.8 Å². The number of carbonyl (C=O) groups is 2. The van der Waals surface area contributed by atoms with E-state index in [4.69, 9.17) is 16.3 Å². The summed E-state index contributed by atoms with van der Waals surface area (Å²) in [6, 6.07) is 13.8. The van der Waals surface area contributed by atoms with Gasteiger partial charge in [0, 0.05) is 17.1 Å². The van der Waals surface area contributed by atoms with Gasteiger partial charge < -0.3 is 10.1 Å². The molecule has 0 spiro atoms. The number of hydrogen-bond donors (Lipinski definition) is 1. The van der Waals surface area contributed by atoms with E-state index < -0.39 is 24.5 Å². The number of carbonyl (C=O) groups excluding carboxylic acids is 2. The number of halogens is 1. The highest BCUT2D eigenvalue weighted by Crippen LogP contribution is 2.23. The number of ether oxygens (including phenoxy) is 1. The van der Waals surface area contributed by atoms with Crippen LogP contribution >= 0.6 is 11.6 Å². The van der Waals surface area contributed by atoms with Crippen LogP contribution in [0, 0.1) is 6.92 Å². The molecular weight excluding hydrogens is 382 g/mol. The summed E-state index contributed by atoms with van der Waals surface area (Å²) < 4.78 is 6.52. The van der Waals surface area contributed by atoms with Gasteiger partial charge in [-0.05, 0) is 40.6 Å². The standard InChI is InChI=1S/C19H18ClN5O3/c1-13-15(20)8-5-9-16(13)22-18(26)11-28-19(27)17(25-12-21-23-24-25)10-14-6-3-2-4-7-14/h2-9,12,17H,10-11H2,1H3,(H,22,26)/t17-/m1/s1. The quantitative estimate of drug-likeness (QED) is 0.613. The second kappa shape index (κ2) is 9.09. The van der Waals surface area contributed by atoms with Crippen LogP contribution in [0.25, 0.3) is 0 Å². The molecule has 0 radical (unpaired) electrons. The third kappa shape index (κ3) is 4.92. The molecule has 1 N–H and O–H groups in total. The van der Waals surface area contributed by atoms with Crippen LogP contribution in [0.1, 0.15) is 17.2 Å². The molecule has 144 valence electrons. The van der Waals surface area contributed by atoms with Crippen LogP contribution in [-0.4, -0.2) is 38.7 Å². The molecule has 1 amide bonds. The van der Waals surface area contributed by atoms with E-state index in [9.17, 15) is 9.59 Å². The lowest BCUT2D eigenvalue weighted by molar-refractivity contribution is -0.151. The molecule has 8 nitrogen and oxygen atoms in total. The SMILES string of the molecule is Cc1c(Cl)cccc1NC(=O)COC(=O)[C@@H](Cc1ccccc1)n1cnnn1. The molecule has 1 aromatic heterocycles. The summed E-state index contributed by atoms with van der Waals surface area (Å²) in [5.41, 5.74) is 2.22. The second-order valence-electron chi connectivity index (χ2n) is 6.06. The number of amides is 1. The largest absolute Gasteiger partial charge is 0.454 e. The maximum absolute atomic E-state index is 12.6. The Morgan fingerprint density at radius 1 is 1.18 bits per heavy atom. The van der Waals surface area contributed by atoms with Gasteiger partial charge in [0.15, 0.2) is 12.6 Å². The van der Waals surface area contributed by atoms with Crippen molar-refractivity contribution in [1.82, 2.24) is 20.2 Å². The third-order valence-corrected chi connectivity index (χ3v) is 4.52. The Kier molecular flexibility index (Phi) is 6.33. The molecule has 0 fully saturated rings. The predicted molar refractivity (Wildman–Crippen MR) is 103 cm³/mol. The number of esters is 1. The Hall–Kier alpha value is -3.26. The van der Waals surface area contributed by atoms with Gasteiger partial charge in [-0.3, -0.25) is 4.79 Å². The number of tetrazole rings is 1. The summed E-state index contributed by atoms with van der Waals surface area (Å²) in [6.07, 6.45) is 1.67. The zero-order valence-electron chi connectivity index (χ0n) is 15.1. The number of rotatable bonds is 7. The van der Waals surface area contributed by atoms with Crippen molar-refractivity contribution in [2.75, 3.05) is 11.9 Å². The van der Waals surface area contributed by atoms with Crippen molar-refractivity contribution in [2.24, 2.45) is 0 Å². The lowest BCUT2D eigenvalue weighted by atomic mass is 10.1. The molecule has 0 saturated carbocycles. The maximum Gasteiger partial charge on any atom is 0.331 e. The highest BCUT2D eigenvalue weighted by Gasteiger charge is 2.24. The molecule has 0 aliphatic heterocycles. The summed E-state index contributed by atoms with van der Waals surface area (Å²) in [4.78, 5) is 24.8. The molecule has 1 heterocycles. The van der Waals surface area contributed by atoms with Crippen LogP contribution in [0.2, 0.25) is 5.02 Å². The van der Waals surface area contributed by atoms with Crippen LogP contribution in [0.4, 0.5) is 5.69 Å². The van der Waals surface area contributed by atoms with Gasteiger partial charge in [-0.2, -0.15) is 0 Å². The van der Waals surface area contributed by atoms with Crippen LogP contribution < -0.4 is 5.32 Å². The monoisotopic (exact) mass is 399 g/mol. The van der Waals surface area contributed by atoms with Gasteiger partial charge >= 0.3 is 5.97 Å². The van der Waals surface area contributed by atoms with Gasteiger partial charge in [0.05, 0.1) is 0 Å². The van der Waals surface area contributed by atoms with E-state index in [0.717, 1.165) is 11.1 Å². The van der Waals surface area contributed by atoms with Crippen molar-refractivity contribution in [3.05, 3.63) is 71.0 Å². The normalized spacial score (nSPS) is 11.6. The Morgan fingerprint density at radius 3 is 2.68 bits per heavy atom. The zero-order valence-corrected chi connectivity index (χ0v) is 15.8. The van der Waals surface area contributed by atoms with Gasteiger partial charge in [-0.25, -0.2) is 9.48 Å². The van der Waals surface area contributed by atoms with Gasteiger partial charge in [0.2, 0.25) is 0 Å². The summed E-state index contributed by atoms with van der Waals surface area (Å²) in [5.74, 6) is -1.07. The molecule has 3 aromatic rings. The number of aromatic nitrogens is 4. The van der Waals surface area contributed by atoms with Gasteiger partial charge in [0.25, 0.3) is 5.91 Å². The fourth-order valence-corrected chi connectivity index (χ4v) is 2.77. The van der Waals surface area contributed by atoms with E-state index in [1.54, 1.807) is 25.1 Å². The van der Waals surface area contributed by atoms with Gasteiger partial charge in [0.1, 0.15) is 6.33 Å². The zero-order chi connectivity index (χ0) is 19.9. The Bertz CT molecular complexity index is 947. The number of hydrogen-bond acceptors (Lipinski definition) is 6. The molecule has 0 aliphatic rings. The number of benzene rings is 2. The fourth-order valence-electron chi connectivity index (χ4n) is 2.60. The molecule has 28 heavy (non-hydrogen) atoms. The van der Waals surface area contributed by atoms with Crippen LogP contribution in [0.15, 0.2) is 54.9 Å². The Balaban J connectivity index is 1.63. The first kappa shape index (κ1) is 19.5. The van der Waals surface area contributed by atoms with Gasteiger partial charge in [-0.1, -0.05) is 48.0 Å². The molecule has 0 unspecified atom stereocenters. The molecule has 0 saturated heterocycles. The third-order valence-electron chi connectivity index (χ3n) is 4.12. The highest BCUT2D eigenvalue weighted by molar-refractivity contribution is 6.31. The molecule has 9 heteroatoms. The first-order valence-electron chi connectivity index (χ1n) is 8.52. The lowest BCUT2D eigenvalue weighted by Gasteiger charge is -2.16. The van der Waals surface area contributed by atoms with E-state index in [-0.39, 0.29) is 0 Å². The summed E-state index contributed by atoms with van der Waals surface area (Å²) >= 11 is 6.04. The second-order valence-corrected chi connectivity index (χ2v) is 6.47. The van der Waals surface area contributed by atoms with Crippen molar-refractivity contribution in [3.8, 4) is 0 Å². The Labute approximate surface area is 166 Å². The molecule has 1 atom stereocenters. The average Bonchev–Trinajstić information content (AvgIpc) is 3.23. The summed E-state index contributed by atoms with van der Waals surface area (Å²) in [7, 11) is 0. The summed E-state index contributed by atoms with van der Waals surface area (Å²) in [6.45, 7) is 1.36. The molecule has 2 aromatic carbocycles. The molecule has 0 bridgehead atoms. The highest BCUT2D eigenvalue weighted by atomic mass is 35.5. The molecule has 3 rings (SSSR count). The van der Waals surface area contributed by atoms with Crippen LogP contribution in [0.3, 0.4) is 0 Å². The summed E-state index contributed by atoms with van der Waals surface area (Å²) in [5, 5.41) is 14.1. The van der Waals surface area contributed by atoms with Gasteiger partial charge in [-0.15, -0.1) is 5.10 Å². The minimum atomic E-state index is -0.780. The fraction of sp³-hybridized carbons (Fsp3) is 0.211. The van der Waals surface area contributed by atoms with Crippen LogP contribution in [0.5, 0.6) is 0 Å². The van der Waals surface area contributed by atoms with E-state index in [1.165, 1.54) is 11.0 Å². The van der Waals surface area contributed by atoms with E-state index in [0.29, 0.717) is 17.1 Å². The van der Waals surface area contributed by atoms with Crippen LogP contribution in [-0.2, 0) is 20.7 Å². The topological polar surface area (TPSA) is 99.0 Å². The number of anilines is 1. The Morgan fingerprint density at radius 2 is 1.96 bits per heavy atom. The van der Waals surface area contributed by atoms with Crippen molar-refractivity contribution < 1.29 is 14.3 Å². The number of nitrogens with one attached hydrogen (secondary N) is 1. The smallest absolute Gasteiger partial charge is 0.331 e. The molecular formula is C19H18ClN5O3. The lowest BCUT2D eigenvalue weighted by Crippen LogP contribution is -2.28. The average molecular weight is 400 g/mol. The van der Waals surface area contributed by atoms with Crippen molar-refractivity contribution in [1.29, 1.82) is 0 Å².